The van der Waals surface area contributed by atoms with Crippen LogP contribution in [0.5, 0.6) is 0 Å². The summed E-state index contributed by atoms with van der Waals surface area (Å²) in [5, 5.41) is 8.86. The van der Waals surface area contributed by atoms with E-state index in [-0.39, 0.29) is 0 Å². The SMILES string of the molecule is CC.Cc1cc(C#N)cc(N2CCOCC2)n1. The number of hydrogen-bond donors (Lipinski definition) is 0. The first-order chi connectivity index (χ1) is 8.29. The third-order valence-electron chi connectivity index (χ3n) is 2.40. The number of morpholine rings is 1. The Morgan fingerprint density at radius 2 is 1.94 bits per heavy atom. The van der Waals surface area contributed by atoms with E-state index in [4.69, 9.17) is 10.00 Å². The van der Waals surface area contributed by atoms with Gasteiger partial charge in [0.15, 0.2) is 0 Å². The molecule has 1 saturated heterocycles. The number of ether oxygens (including phenoxy) is 1. The molecule has 1 aliphatic heterocycles. The van der Waals surface area contributed by atoms with Crippen molar-refractivity contribution in [1.29, 1.82) is 5.26 Å². The van der Waals surface area contributed by atoms with Crippen LogP contribution in [0, 0.1) is 18.3 Å². The Labute approximate surface area is 103 Å². The second-order valence-electron chi connectivity index (χ2n) is 3.57. The van der Waals surface area contributed by atoms with Crippen LogP contribution in [0.1, 0.15) is 25.1 Å². The predicted molar refractivity (Wildman–Crippen MR) is 68.1 cm³/mol. The molecule has 0 N–H and O–H groups in total. The largest absolute Gasteiger partial charge is 0.378 e. The molecule has 0 bridgehead atoms. The molecular formula is C13H19N3O. The molecule has 1 fully saturated rings. The number of rotatable bonds is 1. The predicted octanol–water partition coefficient (Wildman–Crippen LogP) is 2.12. The van der Waals surface area contributed by atoms with Gasteiger partial charge < -0.3 is 9.64 Å². The first kappa shape index (κ1) is 13.5. The highest BCUT2D eigenvalue weighted by molar-refractivity contribution is 5.46. The molecular weight excluding hydrogens is 214 g/mol. The number of anilines is 1. The monoisotopic (exact) mass is 233 g/mol. The van der Waals surface area contributed by atoms with Gasteiger partial charge in [0.2, 0.25) is 0 Å². The van der Waals surface area contributed by atoms with Crippen LogP contribution in [-0.4, -0.2) is 31.3 Å². The van der Waals surface area contributed by atoms with Gasteiger partial charge in [0, 0.05) is 18.8 Å². The highest BCUT2D eigenvalue weighted by Crippen LogP contribution is 2.15. The molecule has 0 amide bonds. The van der Waals surface area contributed by atoms with Crippen molar-refractivity contribution in [2.45, 2.75) is 20.8 Å². The summed E-state index contributed by atoms with van der Waals surface area (Å²) in [7, 11) is 0. The lowest BCUT2D eigenvalue weighted by Crippen LogP contribution is -2.36. The van der Waals surface area contributed by atoms with Crippen molar-refractivity contribution in [2.24, 2.45) is 0 Å². The van der Waals surface area contributed by atoms with Crippen LogP contribution in [0.3, 0.4) is 0 Å². The number of nitriles is 1. The Kier molecular flexibility index (Phi) is 5.44. The highest BCUT2D eigenvalue weighted by Gasteiger charge is 2.13. The fourth-order valence-corrected chi connectivity index (χ4v) is 1.67. The van der Waals surface area contributed by atoms with E-state index in [1.165, 1.54) is 0 Å². The lowest BCUT2D eigenvalue weighted by molar-refractivity contribution is 0.122. The van der Waals surface area contributed by atoms with E-state index in [0.29, 0.717) is 5.56 Å². The van der Waals surface area contributed by atoms with Gasteiger partial charge in [0.05, 0.1) is 24.8 Å². The number of pyridine rings is 1. The molecule has 0 unspecified atom stereocenters. The Hall–Kier alpha value is -1.60. The maximum Gasteiger partial charge on any atom is 0.130 e. The Morgan fingerprint density at radius 1 is 1.29 bits per heavy atom. The van der Waals surface area contributed by atoms with Gasteiger partial charge in [-0.2, -0.15) is 5.26 Å². The third kappa shape index (κ3) is 3.72. The van der Waals surface area contributed by atoms with Crippen LogP contribution in [0.15, 0.2) is 12.1 Å². The number of hydrogen-bond acceptors (Lipinski definition) is 4. The van der Waals surface area contributed by atoms with Gasteiger partial charge in [-0.1, -0.05) is 13.8 Å². The Bertz CT molecular complexity index is 392. The van der Waals surface area contributed by atoms with Crippen LogP contribution in [-0.2, 0) is 4.74 Å². The lowest BCUT2D eigenvalue weighted by atomic mass is 10.2. The summed E-state index contributed by atoms with van der Waals surface area (Å²) < 4.78 is 5.27. The Balaban J connectivity index is 0.000000686. The van der Waals surface area contributed by atoms with E-state index in [9.17, 15) is 0 Å². The molecule has 0 spiro atoms. The molecule has 2 rings (SSSR count). The van der Waals surface area contributed by atoms with E-state index in [1.807, 2.05) is 26.8 Å². The molecule has 4 heteroatoms. The van der Waals surface area contributed by atoms with Crippen LogP contribution in [0.2, 0.25) is 0 Å². The molecule has 1 aromatic heterocycles. The molecule has 92 valence electrons. The molecule has 0 radical (unpaired) electrons. The summed E-state index contributed by atoms with van der Waals surface area (Å²) in [6.07, 6.45) is 0. The van der Waals surface area contributed by atoms with Crippen molar-refractivity contribution in [3.8, 4) is 6.07 Å². The average molecular weight is 233 g/mol. The second kappa shape index (κ2) is 6.87. The molecule has 2 heterocycles. The van der Waals surface area contributed by atoms with Crippen LogP contribution in [0.4, 0.5) is 5.82 Å². The number of nitrogens with zero attached hydrogens (tertiary/aromatic N) is 3. The van der Waals surface area contributed by atoms with Crippen molar-refractivity contribution in [3.63, 3.8) is 0 Å². The highest BCUT2D eigenvalue weighted by atomic mass is 16.5. The van der Waals surface area contributed by atoms with E-state index < -0.39 is 0 Å². The second-order valence-corrected chi connectivity index (χ2v) is 3.57. The molecule has 0 aliphatic carbocycles. The zero-order valence-corrected chi connectivity index (χ0v) is 10.7. The quantitative estimate of drug-likeness (QED) is 0.745. The van der Waals surface area contributed by atoms with E-state index in [1.54, 1.807) is 6.07 Å². The summed E-state index contributed by atoms with van der Waals surface area (Å²) in [5.41, 5.74) is 1.56. The first-order valence-corrected chi connectivity index (χ1v) is 6.01. The minimum Gasteiger partial charge on any atom is -0.378 e. The number of aryl methyl sites for hydroxylation is 1. The van der Waals surface area contributed by atoms with Gasteiger partial charge in [-0.25, -0.2) is 4.98 Å². The maximum absolute atomic E-state index is 8.86. The zero-order valence-electron chi connectivity index (χ0n) is 10.7. The van der Waals surface area contributed by atoms with Gasteiger partial charge in [0.1, 0.15) is 5.82 Å². The summed E-state index contributed by atoms with van der Waals surface area (Å²) in [4.78, 5) is 6.57. The van der Waals surface area contributed by atoms with Gasteiger partial charge in [-0.15, -0.1) is 0 Å². The maximum atomic E-state index is 8.86. The van der Waals surface area contributed by atoms with Gasteiger partial charge in [0.25, 0.3) is 0 Å². The van der Waals surface area contributed by atoms with E-state index in [2.05, 4.69) is 16.0 Å². The topological polar surface area (TPSA) is 49.2 Å². The molecule has 0 saturated carbocycles. The summed E-state index contributed by atoms with van der Waals surface area (Å²) in [6, 6.07) is 5.78. The molecule has 17 heavy (non-hydrogen) atoms. The van der Waals surface area contributed by atoms with Gasteiger partial charge >= 0.3 is 0 Å². The standard InChI is InChI=1S/C11H13N3O.C2H6/c1-9-6-10(8-12)7-11(13-9)14-2-4-15-5-3-14;1-2/h6-7H,2-5H2,1H3;1-2H3. The first-order valence-electron chi connectivity index (χ1n) is 6.01. The minimum absolute atomic E-state index is 0.670. The van der Waals surface area contributed by atoms with E-state index in [0.717, 1.165) is 37.8 Å². The normalized spacial score (nSPS) is 14.6. The van der Waals surface area contributed by atoms with Crippen molar-refractivity contribution in [3.05, 3.63) is 23.4 Å². The fraction of sp³-hybridized carbons (Fsp3) is 0.538. The smallest absolute Gasteiger partial charge is 0.130 e. The van der Waals surface area contributed by atoms with E-state index >= 15 is 0 Å². The van der Waals surface area contributed by atoms with Crippen LogP contribution < -0.4 is 4.90 Å². The summed E-state index contributed by atoms with van der Waals surface area (Å²) in [6.45, 7) is 9.07. The summed E-state index contributed by atoms with van der Waals surface area (Å²) >= 11 is 0. The number of aromatic nitrogens is 1. The molecule has 1 aliphatic rings. The molecule has 0 atom stereocenters. The fourth-order valence-electron chi connectivity index (χ4n) is 1.67. The van der Waals surface area contributed by atoms with Crippen molar-refractivity contribution >= 4 is 5.82 Å². The van der Waals surface area contributed by atoms with Gasteiger partial charge in [-0.3, -0.25) is 0 Å². The molecule has 0 aromatic carbocycles. The summed E-state index contributed by atoms with van der Waals surface area (Å²) in [5.74, 6) is 0.884. The Morgan fingerprint density at radius 3 is 2.53 bits per heavy atom. The minimum atomic E-state index is 0.670. The van der Waals surface area contributed by atoms with Gasteiger partial charge in [-0.05, 0) is 19.1 Å². The lowest BCUT2D eigenvalue weighted by Gasteiger charge is -2.28. The molecule has 1 aromatic rings. The average Bonchev–Trinajstić information content (AvgIpc) is 2.41. The van der Waals surface area contributed by atoms with Crippen molar-refractivity contribution < 1.29 is 4.74 Å². The zero-order chi connectivity index (χ0) is 12.7. The van der Waals surface area contributed by atoms with Crippen LogP contribution >= 0.6 is 0 Å². The van der Waals surface area contributed by atoms with Crippen molar-refractivity contribution in [1.82, 2.24) is 4.98 Å². The third-order valence-corrected chi connectivity index (χ3v) is 2.40. The van der Waals surface area contributed by atoms with Crippen molar-refractivity contribution in [2.75, 3.05) is 31.2 Å². The van der Waals surface area contributed by atoms with Crippen LogP contribution in [0.25, 0.3) is 0 Å². The molecule has 4 nitrogen and oxygen atoms in total.